The molecular weight excluding hydrogens is 248 g/mol. The summed E-state index contributed by atoms with van der Waals surface area (Å²) < 4.78 is 0. The first kappa shape index (κ1) is 14.0. The van der Waals surface area contributed by atoms with Crippen LogP contribution >= 0.6 is 0 Å². The van der Waals surface area contributed by atoms with Gasteiger partial charge in [0.15, 0.2) is 0 Å². The molecule has 0 spiro atoms. The van der Waals surface area contributed by atoms with Crippen molar-refractivity contribution >= 4 is 5.82 Å². The Morgan fingerprint density at radius 1 is 1.20 bits per heavy atom. The molecule has 0 saturated heterocycles. The molecule has 0 amide bonds. The highest BCUT2D eigenvalue weighted by Gasteiger charge is 2.06. The van der Waals surface area contributed by atoms with Gasteiger partial charge in [0.25, 0.3) is 0 Å². The average molecular weight is 266 g/mol. The minimum atomic E-state index is 0.574. The van der Waals surface area contributed by atoms with Gasteiger partial charge in [-0.15, -0.1) is 0 Å². The van der Waals surface area contributed by atoms with E-state index in [2.05, 4.69) is 21.3 Å². The summed E-state index contributed by atoms with van der Waals surface area (Å²) >= 11 is 0. The number of anilines is 1. The van der Waals surface area contributed by atoms with Gasteiger partial charge >= 0.3 is 0 Å². The molecule has 4 heteroatoms. The molecule has 4 nitrogen and oxygen atoms in total. The molecule has 1 heterocycles. The predicted molar refractivity (Wildman–Crippen MR) is 81.4 cm³/mol. The van der Waals surface area contributed by atoms with Crippen molar-refractivity contribution < 1.29 is 0 Å². The van der Waals surface area contributed by atoms with Gasteiger partial charge in [-0.2, -0.15) is 5.26 Å². The minimum absolute atomic E-state index is 0.574. The van der Waals surface area contributed by atoms with E-state index in [4.69, 9.17) is 0 Å². The molecule has 2 rings (SSSR count). The molecule has 0 atom stereocenters. The van der Waals surface area contributed by atoms with Gasteiger partial charge in [0.1, 0.15) is 11.9 Å². The quantitative estimate of drug-likeness (QED) is 0.903. The van der Waals surface area contributed by atoms with E-state index in [-0.39, 0.29) is 0 Å². The molecular formula is C16H18N4. The van der Waals surface area contributed by atoms with E-state index >= 15 is 0 Å². The van der Waals surface area contributed by atoms with Crippen LogP contribution in [0.1, 0.15) is 5.56 Å². The van der Waals surface area contributed by atoms with Gasteiger partial charge in [0.05, 0.1) is 5.56 Å². The highest BCUT2D eigenvalue weighted by molar-refractivity contribution is 5.67. The number of nitrogens with one attached hydrogen (secondary N) is 1. The van der Waals surface area contributed by atoms with Crippen molar-refractivity contribution in [1.29, 1.82) is 5.26 Å². The lowest BCUT2D eigenvalue weighted by atomic mass is 10.1. The number of nitrogens with zero attached hydrogens (tertiary/aromatic N) is 3. The van der Waals surface area contributed by atoms with E-state index in [0.29, 0.717) is 11.4 Å². The highest BCUT2D eigenvalue weighted by atomic mass is 15.1. The maximum atomic E-state index is 9.26. The molecule has 0 unspecified atom stereocenters. The molecule has 20 heavy (non-hydrogen) atoms. The summed E-state index contributed by atoms with van der Waals surface area (Å²) in [7, 11) is 4.03. The Kier molecular flexibility index (Phi) is 4.70. The van der Waals surface area contributed by atoms with Crippen LogP contribution in [0.2, 0.25) is 0 Å². The average Bonchev–Trinajstić information content (AvgIpc) is 2.48. The van der Waals surface area contributed by atoms with Crippen LogP contribution in [0, 0.1) is 11.3 Å². The Balaban J connectivity index is 2.19. The number of hydrogen-bond acceptors (Lipinski definition) is 4. The number of nitriles is 1. The standard InChI is InChI=1S/C16H18N4/c1-20(2)9-8-18-16-14(11-17)10-15(12-19-16)13-6-4-3-5-7-13/h3-7,10,12H,8-9H2,1-2H3,(H,18,19). The molecule has 1 aromatic carbocycles. The van der Waals surface area contributed by atoms with Gasteiger partial charge in [-0.3, -0.25) is 0 Å². The zero-order valence-corrected chi connectivity index (χ0v) is 11.8. The lowest BCUT2D eigenvalue weighted by molar-refractivity contribution is 0.425. The van der Waals surface area contributed by atoms with Crippen LogP contribution in [-0.2, 0) is 0 Å². The van der Waals surface area contributed by atoms with Crippen molar-refractivity contribution in [2.45, 2.75) is 0 Å². The molecule has 2 aromatic rings. The fourth-order valence-corrected chi connectivity index (χ4v) is 1.88. The van der Waals surface area contributed by atoms with Crippen molar-refractivity contribution in [3.63, 3.8) is 0 Å². The molecule has 0 fully saturated rings. The molecule has 1 aromatic heterocycles. The lowest BCUT2D eigenvalue weighted by Crippen LogP contribution is -2.21. The smallest absolute Gasteiger partial charge is 0.143 e. The van der Waals surface area contributed by atoms with Gasteiger partial charge in [0.2, 0.25) is 0 Å². The highest BCUT2D eigenvalue weighted by Crippen LogP contribution is 2.22. The number of likely N-dealkylation sites (N-methyl/N-ethyl adjacent to an activating group) is 1. The molecule has 102 valence electrons. The zero-order valence-electron chi connectivity index (χ0n) is 11.8. The van der Waals surface area contributed by atoms with Crippen LogP contribution in [0.15, 0.2) is 42.6 Å². The fraction of sp³-hybridized carbons (Fsp3) is 0.250. The SMILES string of the molecule is CN(C)CCNc1ncc(-c2ccccc2)cc1C#N. The Labute approximate surface area is 119 Å². The minimum Gasteiger partial charge on any atom is -0.368 e. The monoisotopic (exact) mass is 266 g/mol. The molecule has 0 aliphatic rings. The maximum absolute atomic E-state index is 9.26. The number of aromatic nitrogens is 1. The summed E-state index contributed by atoms with van der Waals surface area (Å²) in [5.74, 6) is 0.647. The van der Waals surface area contributed by atoms with E-state index in [9.17, 15) is 5.26 Å². The van der Waals surface area contributed by atoms with E-state index in [0.717, 1.165) is 24.2 Å². The Hall–Kier alpha value is -2.38. The maximum Gasteiger partial charge on any atom is 0.143 e. The van der Waals surface area contributed by atoms with E-state index < -0.39 is 0 Å². The largest absolute Gasteiger partial charge is 0.368 e. The second kappa shape index (κ2) is 6.69. The number of benzene rings is 1. The van der Waals surface area contributed by atoms with Crippen molar-refractivity contribution in [3.8, 4) is 17.2 Å². The van der Waals surface area contributed by atoms with E-state index in [1.54, 1.807) is 6.20 Å². The van der Waals surface area contributed by atoms with E-state index in [1.807, 2.05) is 50.5 Å². The topological polar surface area (TPSA) is 52.0 Å². The fourth-order valence-electron chi connectivity index (χ4n) is 1.88. The molecule has 0 saturated carbocycles. The predicted octanol–water partition coefficient (Wildman–Crippen LogP) is 2.59. The van der Waals surface area contributed by atoms with Crippen LogP contribution in [0.25, 0.3) is 11.1 Å². The van der Waals surface area contributed by atoms with Gasteiger partial charge in [-0.05, 0) is 25.7 Å². The second-order valence-electron chi connectivity index (χ2n) is 4.83. The van der Waals surface area contributed by atoms with Crippen molar-refractivity contribution in [3.05, 3.63) is 48.2 Å². The zero-order chi connectivity index (χ0) is 14.4. The number of pyridine rings is 1. The first-order chi connectivity index (χ1) is 9.70. The third kappa shape index (κ3) is 3.56. The Bertz CT molecular complexity index is 600. The third-order valence-electron chi connectivity index (χ3n) is 2.97. The third-order valence-corrected chi connectivity index (χ3v) is 2.97. The molecule has 0 aliphatic carbocycles. The summed E-state index contributed by atoms with van der Waals surface area (Å²) in [6.45, 7) is 1.66. The summed E-state index contributed by atoms with van der Waals surface area (Å²) in [6, 6.07) is 14.0. The summed E-state index contributed by atoms with van der Waals surface area (Å²) in [5, 5.41) is 12.5. The van der Waals surface area contributed by atoms with Gasteiger partial charge in [-0.25, -0.2) is 4.98 Å². The molecule has 0 aliphatic heterocycles. The normalized spacial score (nSPS) is 10.3. The number of rotatable bonds is 5. The van der Waals surface area contributed by atoms with Gasteiger partial charge in [-0.1, -0.05) is 30.3 Å². The second-order valence-corrected chi connectivity index (χ2v) is 4.83. The first-order valence-electron chi connectivity index (χ1n) is 6.55. The summed E-state index contributed by atoms with van der Waals surface area (Å²) in [5.41, 5.74) is 2.60. The molecule has 1 N–H and O–H groups in total. The number of hydrogen-bond donors (Lipinski definition) is 1. The Morgan fingerprint density at radius 3 is 2.60 bits per heavy atom. The lowest BCUT2D eigenvalue weighted by Gasteiger charge is -2.12. The van der Waals surface area contributed by atoms with Gasteiger partial charge < -0.3 is 10.2 Å². The van der Waals surface area contributed by atoms with Crippen LogP contribution in [0.4, 0.5) is 5.82 Å². The van der Waals surface area contributed by atoms with Crippen molar-refractivity contribution in [2.75, 3.05) is 32.5 Å². The Morgan fingerprint density at radius 2 is 1.95 bits per heavy atom. The van der Waals surface area contributed by atoms with Crippen LogP contribution in [-0.4, -0.2) is 37.1 Å². The van der Waals surface area contributed by atoms with Crippen LogP contribution < -0.4 is 5.32 Å². The molecule has 0 radical (unpaired) electrons. The van der Waals surface area contributed by atoms with E-state index in [1.165, 1.54) is 0 Å². The van der Waals surface area contributed by atoms with Crippen LogP contribution in [0.5, 0.6) is 0 Å². The summed E-state index contributed by atoms with van der Waals surface area (Å²) in [6.07, 6.45) is 1.80. The van der Waals surface area contributed by atoms with Crippen molar-refractivity contribution in [2.24, 2.45) is 0 Å². The van der Waals surface area contributed by atoms with Crippen molar-refractivity contribution in [1.82, 2.24) is 9.88 Å². The van der Waals surface area contributed by atoms with Gasteiger partial charge in [0, 0.05) is 24.8 Å². The summed E-state index contributed by atoms with van der Waals surface area (Å²) in [4.78, 5) is 6.45. The first-order valence-corrected chi connectivity index (χ1v) is 6.55. The van der Waals surface area contributed by atoms with Crippen LogP contribution in [0.3, 0.4) is 0 Å². The molecule has 0 bridgehead atoms.